The fourth-order valence-electron chi connectivity index (χ4n) is 3.31. The van der Waals surface area contributed by atoms with Crippen molar-refractivity contribution in [1.82, 2.24) is 5.32 Å². The first-order chi connectivity index (χ1) is 13.1. The maximum absolute atomic E-state index is 6.51. The van der Waals surface area contributed by atoms with E-state index < -0.39 is 0 Å². The van der Waals surface area contributed by atoms with Crippen LogP contribution in [0.1, 0.15) is 43.7 Å². The van der Waals surface area contributed by atoms with Gasteiger partial charge in [-0.1, -0.05) is 53.7 Å². The van der Waals surface area contributed by atoms with Gasteiger partial charge in [0.1, 0.15) is 6.61 Å². The smallest absolute Gasteiger partial charge is 0.180 e. The highest BCUT2D eigenvalue weighted by Gasteiger charge is 2.17. The van der Waals surface area contributed by atoms with Gasteiger partial charge in [-0.2, -0.15) is 0 Å². The summed E-state index contributed by atoms with van der Waals surface area (Å²) in [6.45, 7) is 3.54. The van der Waals surface area contributed by atoms with Crippen LogP contribution in [-0.2, 0) is 13.2 Å². The van der Waals surface area contributed by atoms with Crippen LogP contribution in [-0.4, -0.2) is 12.6 Å². The van der Waals surface area contributed by atoms with E-state index in [4.69, 9.17) is 44.3 Å². The molecular weight excluding hydrogens is 440 g/mol. The molecule has 2 aromatic carbocycles. The predicted octanol–water partition coefficient (Wildman–Crippen LogP) is 7.08. The zero-order valence-electron chi connectivity index (χ0n) is 15.8. The Morgan fingerprint density at radius 2 is 1.75 bits per heavy atom. The number of halogens is 4. The van der Waals surface area contributed by atoms with E-state index in [2.05, 4.69) is 5.32 Å². The summed E-state index contributed by atoms with van der Waals surface area (Å²) < 4.78 is 11.7. The van der Waals surface area contributed by atoms with Gasteiger partial charge in [0.25, 0.3) is 0 Å². The van der Waals surface area contributed by atoms with Crippen LogP contribution in [0, 0.1) is 0 Å². The molecule has 0 heterocycles. The minimum atomic E-state index is 0. The third-order valence-corrected chi connectivity index (χ3v) is 5.57. The van der Waals surface area contributed by atoms with Crippen molar-refractivity contribution in [2.75, 3.05) is 6.61 Å². The molecule has 1 aliphatic rings. The number of benzene rings is 2. The van der Waals surface area contributed by atoms with Gasteiger partial charge in [0.15, 0.2) is 11.5 Å². The van der Waals surface area contributed by atoms with E-state index in [1.165, 1.54) is 25.7 Å². The second-order valence-corrected chi connectivity index (χ2v) is 7.98. The van der Waals surface area contributed by atoms with E-state index in [0.29, 0.717) is 39.2 Å². The van der Waals surface area contributed by atoms with Gasteiger partial charge < -0.3 is 14.8 Å². The molecule has 1 aliphatic carbocycles. The number of hydrogen-bond donors (Lipinski definition) is 1. The first-order valence-electron chi connectivity index (χ1n) is 9.32. The van der Waals surface area contributed by atoms with Gasteiger partial charge in [-0.25, -0.2) is 0 Å². The Morgan fingerprint density at radius 1 is 1.00 bits per heavy atom. The molecule has 1 fully saturated rings. The summed E-state index contributed by atoms with van der Waals surface area (Å²) in [5, 5.41) is 5.29. The second kappa shape index (κ2) is 11.4. The molecule has 0 aromatic heterocycles. The summed E-state index contributed by atoms with van der Waals surface area (Å²) in [4.78, 5) is 0. The van der Waals surface area contributed by atoms with E-state index in [1.807, 2.05) is 25.1 Å². The lowest BCUT2D eigenvalue weighted by atomic mass is 10.1. The topological polar surface area (TPSA) is 30.5 Å². The molecule has 154 valence electrons. The molecule has 3 rings (SSSR count). The zero-order chi connectivity index (χ0) is 19.2. The summed E-state index contributed by atoms with van der Waals surface area (Å²) >= 11 is 18.7. The molecule has 0 bridgehead atoms. The van der Waals surface area contributed by atoms with Crippen molar-refractivity contribution in [2.24, 2.45) is 0 Å². The molecule has 0 saturated heterocycles. The molecule has 0 amide bonds. The lowest BCUT2D eigenvalue weighted by Crippen LogP contribution is -2.25. The minimum absolute atomic E-state index is 0. The minimum Gasteiger partial charge on any atom is -0.490 e. The van der Waals surface area contributed by atoms with Gasteiger partial charge in [0.2, 0.25) is 0 Å². The van der Waals surface area contributed by atoms with E-state index in [1.54, 1.807) is 12.1 Å². The first-order valence-corrected chi connectivity index (χ1v) is 10.5. The first kappa shape index (κ1) is 23.4. The standard InChI is InChI=1S/C21H24Cl3NO2.ClH/c1-2-26-20-10-14(12-25-17-5-3-4-6-17)9-19(24)21(20)27-13-15-7-8-16(22)11-18(15)23;/h7-11,17,25H,2-6,12-13H2,1H3;1H. The Labute approximate surface area is 188 Å². The molecule has 0 atom stereocenters. The maximum Gasteiger partial charge on any atom is 0.180 e. The van der Waals surface area contributed by atoms with Crippen molar-refractivity contribution in [3.05, 3.63) is 56.5 Å². The fourth-order valence-corrected chi connectivity index (χ4v) is 4.06. The van der Waals surface area contributed by atoms with Crippen molar-refractivity contribution in [3.63, 3.8) is 0 Å². The predicted molar refractivity (Wildman–Crippen MR) is 120 cm³/mol. The van der Waals surface area contributed by atoms with Gasteiger partial charge in [0.05, 0.1) is 11.6 Å². The lowest BCUT2D eigenvalue weighted by Gasteiger charge is -2.17. The van der Waals surface area contributed by atoms with Crippen molar-refractivity contribution in [2.45, 2.75) is 51.8 Å². The van der Waals surface area contributed by atoms with Crippen LogP contribution >= 0.6 is 47.2 Å². The molecule has 1 saturated carbocycles. The molecule has 0 radical (unpaired) electrons. The molecular formula is C21H25Cl4NO2. The molecule has 0 unspecified atom stereocenters. The summed E-state index contributed by atoms with van der Waals surface area (Å²) in [7, 11) is 0. The largest absolute Gasteiger partial charge is 0.490 e. The van der Waals surface area contributed by atoms with Crippen molar-refractivity contribution < 1.29 is 9.47 Å². The highest BCUT2D eigenvalue weighted by atomic mass is 35.5. The highest BCUT2D eigenvalue weighted by molar-refractivity contribution is 6.35. The van der Waals surface area contributed by atoms with Crippen LogP contribution in [0.5, 0.6) is 11.5 Å². The number of rotatable bonds is 8. The molecule has 1 N–H and O–H groups in total. The zero-order valence-corrected chi connectivity index (χ0v) is 18.9. The molecule has 7 heteroatoms. The van der Waals surface area contributed by atoms with Crippen molar-refractivity contribution >= 4 is 47.2 Å². The Bertz CT molecular complexity index is 779. The Hall–Kier alpha value is -0.840. The Morgan fingerprint density at radius 3 is 2.43 bits per heavy atom. The van der Waals surface area contributed by atoms with Gasteiger partial charge >= 0.3 is 0 Å². The SMILES string of the molecule is CCOc1cc(CNC2CCCC2)cc(Cl)c1OCc1ccc(Cl)cc1Cl.Cl. The fraction of sp³-hybridized carbons (Fsp3) is 0.429. The van der Waals surface area contributed by atoms with Gasteiger partial charge in [-0.15, -0.1) is 12.4 Å². The summed E-state index contributed by atoms with van der Waals surface area (Å²) in [6, 6.07) is 9.86. The van der Waals surface area contributed by atoms with Crippen LogP contribution in [0.4, 0.5) is 0 Å². The molecule has 3 nitrogen and oxygen atoms in total. The van der Waals surface area contributed by atoms with E-state index in [9.17, 15) is 0 Å². The van der Waals surface area contributed by atoms with E-state index >= 15 is 0 Å². The average molecular weight is 465 g/mol. The number of ether oxygens (including phenoxy) is 2. The number of hydrogen-bond acceptors (Lipinski definition) is 3. The van der Waals surface area contributed by atoms with E-state index in [0.717, 1.165) is 17.7 Å². The number of nitrogens with one attached hydrogen (secondary N) is 1. The molecule has 28 heavy (non-hydrogen) atoms. The lowest BCUT2D eigenvalue weighted by molar-refractivity contribution is 0.269. The van der Waals surface area contributed by atoms with Crippen molar-refractivity contribution in [1.29, 1.82) is 0 Å². The quantitative estimate of drug-likeness (QED) is 0.452. The average Bonchev–Trinajstić information content (AvgIpc) is 3.14. The molecule has 2 aromatic rings. The van der Waals surface area contributed by atoms with Crippen LogP contribution in [0.25, 0.3) is 0 Å². The summed E-state index contributed by atoms with van der Waals surface area (Å²) in [5.74, 6) is 1.19. The molecule has 0 spiro atoms. The van der Waals surface area contributed by atoms with Gasteiger partial charge in [-0.3, -0.25) is 0 Å². The van der Waals surface area contributed by atoms with Crippen LogP contribution in [0.2, 0.25) is 15.1 Å². The highest BCUT2D eigenvalue weighted by Crippen LogP contribution is 2.38. The summed E-state index contributed by atoms with van der Waals surface area (Å²) in [6.07, 6.45) is 5.11. The Balaban J connectivity index is 0.00000280. The van der Waals surface area contributed by atoms with Crippen molar-refractivity contribution in [3.8, 4) is 11.5 Å². The normalized spacial score (nSPS) is 14.0. The van der Waals surface area contributed by atoms with Gasteiger partial charge in [0, 0.05) is 28.2 Å². The van der Waals surface area contributed by atoms with E-state index in [-0.39, 0.29) is 19.0 Å². The second-order valence-electron chi connectivity index (χ2n) is 6.72. The maximum atomic E-state index is 6.51. The van der Waals surface area contributed by atoms with Crippen LogP contribution in [0.3, 0.4) is 0 Å². The van der Waals surface area contributed by atoms with Crippen LogP contribution in [0.15, 0.2) is 30.3 Å². The van der Waals surface area contributed by atoms with Crippen LogP contribution < -0.4 is 14.8 Å². The van der Waals surface area contributed by atoms with Gasteiger partial charge in [-0.05, 0) is 49.6 Å². The third-order valence-electron chi connectivity index (χ3n) is 4.71. The Kier molecular flexibility index (Phi) is 9.52. The molecule has 0 aliphatic heterocycles. The summed E-state index contributed by atoms with van der Waals surface area (Å²) in [5.41, 5.74) is 1.93. The third kappa shape index (κ3) is 6.33. The monoisotopic (exact) mass is 463 g/mol.